The number of aliphatic hydroxyl groups is 1. The van der Waals surface area contributed by atoms with Crippen molar-refractivity contribution in [2.24, 2.45) is 5.73 Å². The molecule has 1 saturated heterocycles. The summed E-state index contributed by atoms with van der Waals surface area (Å²) >= 11 is 0. The van der Waals surface area contributed by atoms with E-state index in [2.05, 4.69) is 45.0 Å². The molecular formula is C30H45N7O4S. The molecule has 1 aliphatic rings. The number of ether oxygens (including phenoxy) is 1. The van der Waals surface area contributed by atoms with E-state index in [0.717, 1.165) is 89.9 Å². The molecule has 0 bridgehead atoms. The molecule has 0 radical (unpaired) electrons. The summed E-state index contributed by atoms with van der Waals surface area (Å²) in [5.74, 6) is 1.86. The Labute approximate surface area is 248 Å². The van der Waals surface area contributed by atoms with E-state index in [0.29, 0.717) is 13.1 Å². The number of rotatable bonds is 9. The van der Waals surface area contributed by atoms with Crippen LogP contribution >= 0.6 is 0 Å². The van der Waals surface area contributed by atoms with Gasteiger partial charge in [-0.05, 0) is 49.9 Å². The fourth-order valence-corrected chi connectivity index (χ4v) is 5.81. The molecule has 2 aromatic carbocycles. The monoisotopic (exact) mass is 599 g/mol. The van der Waals surface area contributed by atoms with E-state index >= 15 is 0 Å². The van der Waals surface area contributed by atoms with Crippen LogP contribution in [0.5, 0.6) is 5.75 Å². The minimum atomic E-state index is -2.87. The Morgan fingerprint density at radius 2 is 1.79 bits per heavy atom. The number of hydrogen-bond donors (Lipinski definition) is 4. The molecule has 5 rings (SSSR count). The summed E-state index contributed by atoms with van der Waals surface area (Å²) in [6.45, 7) is 7.46. The Balaban J connectivity index is 0.000000338. The number of nitrogens with zero attached hydrogens (tertiary/aromatic N) is 4. The van der Waals surface area contributed by atoms with Gasteiger partial charge in [0.15, 0.2) is 5.82 Å². The molecule has 42 heavy (non-hydrogen) atoms. The van der Waals surface area contributed by atoms with Crippen LogP contribution in [0.3, 0.4) is 0 Å². The Hall–Kier alpha value is -3.45. The second-order valence-corrected chi connectivity index (χ2v) is 12.0. The molecule has 0 saturated carbocycles. The van der Waals surface area contributed by atoms with Gasteiger partial charge in [-0.3, -0.25) is 0 Å². The van der Waals surface area contributed by atoms with E-state index in [9.17, 15) is 8.42 Å². The lowest BCUT2D eigenvalue weighted by Crippen LogP contribution is -2.26. The fraction of sp³-hybridized carbons (Fsp3) is 0.467. The number of aromatic nitrogens is 3. The molecule has 4 aromatic rings. The fourth-order valence-electron chi connectivity index (χ4n) is 4.89. The number of aliphatic hydroxyl groups excluding tert-OH is 1. The van der Waals surface area contributed by atoms with Crippen molar-refractivity contribution in [2.75, 3.05) is 50.7 Å². The predicted molar refractivity (Wildman–Crippen MR) is 171 cm³/mol. The Morgan fingerprint density at radius 1 is 1.10 bits per heavy atom. The van der Waals surface area contributed by atoms with Gasteiger partial charge in [0.25, 0.3) is 0 Å². The van der Waals surface area contributed by atoms with E-state index in [1.807, 2.05) is 24.3 Å². The third-order valence-electron chi connectivity index (χ3n) is 6.89. The van der Waals surface area contributed by atoms with Gasteiger partial charge in [-0.25, -0.2) is 17.7 Å². The van der Waals surface area contributed by atoms with Gasteiger partial charge in [-0.15, -0.1) is 0 Å². The molecule has 0 amide bonds. The molecule has 0 aliphatic carbocycles. The van der Waals surface area contributed by atoms with Crippen molar-refractivity contribution in [2.45, 2.75) is 52.6 Å². The lowest BCUT2D eigenvalue weighted by molar-refractivity contribution is 0.318. The van der Waals surface area contributed by atoms with E-state index in [1.54, 1.807) is 14.0 Å². The minimum absolute atomic E-state index is 0.250. The number of unbranched alkanes of at least 4 members (excludes halogenated alkanes) is 1. The summed E-state index contributed by atoms with van der Waals surface area (Å²) in [7, 11) is -1.18. The van der Waals surface area contributed by atoms with Gasteiger partial charge in [0, 0.05) is 43.7 Å². The van der Waals surface area contributed by atoms with Gasteiger partial charge in [0.1, 0.15) is 16.8 Å². The highest BCUT2D eigenvalue weighted by atomic mass is 32.2. The maximum Gasteiger partial charge on any atom is 0.222 e. The van der Waals surface area contributed by atoms with E-state index in [-0.39, 0.29) is 12.6 Å². The minimum Gasteiger partial charge on any atom is -0.496 e. The maximum atomic E-state index is 10.8. The number of hydrogen-bond acceptors (Lipinski definition) is 9. The third kappa shape index (κ3) is 8.31. The zero-order valence-electron chi connectivity index (χ0n) is 25.1. The van der Waals surface area contributed by atoms with Gasteiger partial charge in [-0.2, -0.15) is 4.98 Å². The number of fused-ring (bicyclic) bond motifs is 3. The highest BCUT2D eigenvalue weighted by molar-refractivity contribution is 7.88. The molecule has 230 valence electrons. The van der Waals surface area contributed by atoms with Gasteiger partial charge >= 0.3 is 0 Å². The number of anilines is 2. The summed E-state index contributed by atoms with van der Waals surface area (Å²) in [5, 5.41) is 12.1. The van der Waals surface area contributed by atoms with Crippen LogP contribution in [0.4, 0.5) is 11.8 Å². The summed E-state index contributed by atoms with van der Waals surface area (Å²) in [6, 6.07) is 14.3. The number of nitrogens with two attached hydrogens (primary N) is 2. The molecule has 0 spiro atoms. The van der Waals surface area contributed by atoms with Crippen LogP contribution in [0, 0.1) is 0 Å². The molecular weight excluding hydrogens is 554 g/mol. The SMILES string of the molecule is CCCCNc1nc(N)nc2c3ccccc3n(Cc3cc(CN)ccc3OC)c12.CCO.CS(=O)(=O)N1CCCC1. The molecule has 12 heteroatoms. The van der Waals surface area contributed by atoms with Crippen molar-refractivity contribution >= 4 is 43.7 Å². The molecule has 11 nitrogen and oxygen atoms in total. The smallest absolute Gasteiger partial charge is 0.222 e. The van der Waals surface area contributed by atoms with Gasteiger partial charge in [-0.1, -0.05) is 37.6 Å². The van der Waals surface area contributed by atoms with Crippen LogP contribution in [0.15, 0.2) is 42.5 Å². The van der Waals surface area contributed by atoms with E-state index < -0.39 is 10.0 Å². The van der Waals surface area contributed by atoms with Crippen LogP contribution in [-0.4, -0.2) is 72.0 Å². The zero-order chi connectivity index (χ0) is 30.7. The summed E-state index contributed by atoms with van der Waals surface area (Å²) in [6.07, 6.45) is 5.46. The normalized spacial score (nSPS) is 13.4. The summed E-state index contributed by atoms with van der Waals surface area (Å²) < 4.78 is 30.9. The van der Waals surface area contributed by atoms with E-state index in [4.69, 9.17) is 21.3 Å². The van der Waals surface area contributed by atoms with Crippen molar-refractivity contribution in [1.82, 2.24) is 18.8 Å². The van der Waals surface area contributed by atoms with E-state index in [1.165, 1.54) is 10.6 Å². The quantitative estimate of drug-likeness (QED) is 0.209. The van der Waals surface area contributed by atoms with Crippen molar-refractivity contribution in [3.63, 3.8) is 0 Å². The first-order valence-corrected chi connectivity index (χ1v) is 16.2. The second-order valence-electron chi connectivity index (χ2n) is 10.0. The van der Waals surface area contributed by atoms with Crippen molar-refractivity contribution < 1.29 is 18.3 Å². The zero-order valence-corrected chi connectivity index (χ0v) is 26.0. The number of methoxy groups -OCH3 is 1. The van der Waals surface area contributed by atoms with Crippen LogP contribution in [0.1, 0.15) is 50.7 Å². The highest BCUT2D eigenvalue weighted by Crippen LogP contribution is 2.34. The molecule has 2 aromatic heterocycles. The van der Waals surface area contributed by atoms with Gasteiger partial charge in [0.2, 0.25) is 16.0 Å². The largest absolute Gasteiger partial charge is 0.496 e. The lowest BCUT2D eigenvalue weighted by Gasteiger charge is -2.15. The van der Waals surface area contributed by atoms with Crippen LogP contribution in [-0.2, 0) is 23.1 Å². The second kappa shape index (κ2) is 15.7. The number of para-hydroxylation sites is 1. The predicted octanol–water partition coefficient (Wildman–Crippen LogP) is 3.93. The van der Waals surface area contributed by atoms with Crippen LogP contribution < -0.4 is 21.5 Å². The lowest BCUT2D eigenvalue weighted by atomic mass is 10.1. The van der Waals surface area contributed by atoms with Gasteiger partial charge in [0.05, 0.1) is 25.4 Å². The Bertz CT molecular complexity index is 1550. The topological polar surface area (TPSA) is 162 Å². The number of sulfonamides is 1. The average molecular weight is 600 g/mol. The first-order valence-electron chi connectivity index (χ1n) is 14.4. The van der Waals surface area contributed by atoms with Crippen LogP contribution in [0.2, 0.25) is 0 Å². The standard InChI is InChI=1S/C23H28N6O.C5H11NO2S.C2H6O/c1-3-4-11-26-22-21-20(27-23(25)28-22)17-7-5-6-8-18(17)29(21)14-16-12-15(13-24)9-10-19(16)30-2;1-9(7,8)6-4-2-3-5-6;1-2-3/h5-10,12H,3-4,11,13-14,24H2,1-2H3,(H3,25,26,27,28);2-5H2,1H3;3H,2H2,1H3. The molecule has 0 atom stereocenters. The first-order chi connectivity index (χ1) is 20.2. The molecule has 6 N–H and O–H groups in total. The van der Waals surface area contributed by atoms with Crippen molar-refractivity contribution in [1.29, 1.82) is 0 Å². The summed E-state index contributed by atoms with van der Waals surface area (Å²) in [4.78, 5) is 9.12. The molecule has 3 heterocycles. The number of benzene rings is 2. The Morgan fingerprint density at radius 3 is 2.38 bits per heavy atom. The van der Waals surface area contributed by atoms with Crippen LogP contribution in [0.25, 0.3) is 21.9 Å². The number of nitrogen functional groups attached to an aromatic ring is 1. The number of nitrogens with one attached hydrogen (secondary N) is 1. The average Bonchev–Trinajstić information content (AvgIpc) is 3.62. The van der Waals surface area contributed by atoms with Gasteiger partial charge < -0.3 is 31.2 Å². The highest BCUT2D eigenvalue weighted by Gasteiger charge is 2.20. The third-order valence-corrected chi connectivity index (χ3v) is 8.19. The van der Waals surface area contributed by atoms with Crippen molar-refractivity contribution in [3.05, 3.63) is 53.6 Å². The first kappa shape index (κ1) is 33.1. The maximum absolute atomic E-state index is 10.8. The Kier molecular flexibility index (Phi) is 12.3. The summed E-state index contributed by atoms with van der Waals surface area (Å²) in [5.41, 5.74) is 16.9. The molecule has 1 fully saturated rings. The van der Waals surface area contributed by atoms with Crippen molar-refractivity contribution in [3.8, 4) is 5.75 Å². The molecule has 0 unspecified atom stereocenters. The molecule has 1 aliphatic heterocycles.